The summed E-state index contributed by atoms with van der Waals surface area (Å²) in [5.41, 5.74) is 0. The van der Waals surface area contributed by atoms with E-state index in [0.717, 1.165) is 0 Å². The van der Waals surface area contributed by atoms with Crippen LogP contribution in [0.3, 0.4) is 0 Å². The quantitative estimate of drug-likeness (QED) is 0.0252. The monoisotopic (exact) mass is 1100 g/mol. The molecule has 0 fully saturated rings. The molecule has 0 aromatic heterocycles. The molecule has 0 bridgehead atoms. The molecule has 0 spiro atoms. The first kappa shape index (κ1) is 72.8. The smallest absolute Gasteiger partial charge is 0.104 e. The maximum atomic E-state index is 9.79. The van der Waals surface area contributed by atoms with E-state index in [9.17, 15) is 76.6 Å². The SMILES string of the molecule is OCCCOCC(COCC(O)CO)OCC(COC(COCC(O)CO)COCC(O)CO)OCCCOC(COC(COCC(O)CO)COCC(O)CO)COC(COCC(O)CO)COCC(O)CO. The zero-order valence-electron chi connectivity index (χ0n) is 42.6. The largest absolute Gasteiger partial charge is 0.396 e. The highest BCUT2D eigenvalue weighted by Crippen LogP contribution is 2.10. The van der Waals surface area contributed by atoms with Crippen molar-refractivity contribution in [3.63, 3.8) is 0 Å². The van der Waals surface area contributed by atoms with Crippen molar-refractivity contribution in [1.82, 2.24) is 0 Å². The molecular weight excluding hydrogens is 1000 g/mol. The fourth-order valence-corrected chi connectivity index (χ4v) is 5.50. The van der Waals surface area contributed by atoms with Gasteiger partial charge in [0.25, 0.3) is 0 Å². The second kappa shape index (κ2) is 51.3. The maximum Gasteiger partial charge on any atom is 0.104 e. The molecule has 446 valence electrons. The van der Waals surface area contributed by atoms with Gasteiger partial charge in [-0.15, -0.1) is 0 Å². The summed E-state index contributed by atoms with van der Waals surface area (Å²) in [5, 5.41) is 142. The van der Waals surface area contributed by atoms with Crippen molar-refractivity contribution in [2.24, 2.45) is 0 Å². The first-order chi connectivity index (χ1) is 35.8. The van der Waals surface area contributed by atoms with E-state index in [4.69, 9.17) is 66.3 Å². The van der Waals surface area contributed by atoms with Gasteiger partial charge in [0.15, 0.2) is 0 Å². The zero-order chi connectivity index (χ0) is 55.0. The second-order valence-corrected chi connectivity index (χ2v) is 16.9. The van der Waals surface area contributed by atoms with Crippen molar-refractivity contribution in [3.05, 3.63) is 0 Å². The minimum atomic E-state index is -1.17. The number of rotatable bonds is 58. The third-order valence-electron chi connectivity index (χ3n) is 9.59. The van der Waals surface area contributed by atoms with Crippen molar-refractivity contribution in [3.8, 4) is 0 Å². The molecule has 0 aliphatic heterocycles. The summed E-state index contributed by atoms with van der Waals surface area (Å²) in [6.07, 6.45) is -12.3. The molecule has 0 aromatic rings. The minimum Gasteiger partial charge on any atom is -0.396 e. The van der Waals surface area contributed by atoms with E-state index in [-0.39, 0.29) is 158 Å². The van der Waals surface area contributed by atoms with Crippen LogP contribution in [0.25, 0.3) is 0 Å². The highest BCUT2D eigenvalue weighted by atomic mass is 16.6. The molecule has 0 amide bonds. The molecule has 0 radical (unpaired) electrons. The Labute approximate surface area is 432 Å². The van der Waals surface area contributed by atoms with Gasteiger partial charge in [0, 0.05) is 26.4 Å². The van der Waals surface area contributed by atoms with Gasteiger partial charge in [-0.1, -0.05) is 0 Å². The Morgan fingerprint density at radius 3 is 0.608 bits per heavy atom. The van der Waals surface area contributed by atoms with Crippen molar-refractivity contribution >= 4 is 0 Å². The summed E-state index contributed by atoms with van der Waals surface area (Å²) < 4.78 is 81.0. The molecule has 9 unspecified atom stereocenters. The Balaban J connectivity index is 6.33. The lowest BCUT2D eigenvalue weighted by Crippen LogP contribution is -2.38. The lowest BCUT2D eigenvalue weighted by Gasteiger charge is -2.26. The van der Waals surface area contributed by atoms with E-state index in [1.807, 2.05) is 0 Å². The van der Waals surface area contributed by atoms with E-state index in [2.05, 4.69) is 0 Å². The predicted octanol–water partition coefficient (Wildman–Crippen LogP) is -8.32. The molecule has 0 aliphatic carbocycles. The van der Waals surface area contributed by atoms with E-state index in [1.165, 1.54) is 0 Å². The summed E-state index contributed by atoms with van der Waals surface area (Å²) in [7, 11) is 0. The van der Waals surface area contributed by atoms with Crippen LogP contribution in [-0.4, -0.2) is 354 Å². The number of ether oxygens (including phenoxy) is 14. The fourth-order valence-electron chi connectivity index (χ4n) is 5.50. The average molecular weight is 1100 g/mol. The molecule has 29 heteroatoms. The molecule has 0 aromatic carbocycles. The van der Waals surface area contributed by atoms with Crippen LogP contribution in [-0.2, 0) is 66.3 Å². The zero-order valence-corrected chi connectivity index (χ0v) is 42.6. The summed E-state index contributed by atoms with van der Waals surface area (Å²) >= 11 is 0. The van der Waals surface area contributed by atoms with Crippen molar-refractivity contribution in [2.75, 3.05) is 198 Å². The molecule has 0 saturated heterocycles. The lowest BCUT2D eigenvalue weighted by atomic mass is 10.3. The number of aliphatic hydroxyl groups excluding tert-OH is 15. The standard InChI is InChI=1S/C45H92O29/c46-3-1-4-61-21-40(22-62-14-33(54)7-47)71-29-44(30-72-41(23-63-15-34(55)8-48)24-64-16-35(56)9-49)69-5-2-6-70-45(31-73-42(25-65-17-36(57)10-50)26-66-18-37(58)11-51)32-74-43(27-67-19-38(59)12-52)28-68-20-39(60)13-53/h33-60H,1-32H2. The molecule has 29 nitrogen and oxygen atoms in total. The van der Waals surface area contributed by atoms with Crippen LogP contribution >= 0.6 is 0 Å². The Bertz CT molecular complexity index is 1070. The van der Waals surface area contributed by atoms with Crippen LogP contribution in [0, 0.1) is 0 Å². The van der Waals surface area contributed by atoms with Crippen LogP contribution in [0.1, 0.15) is 12.8 Å². The Hall–Kier alpha value is -1.16. The summed E-state index contributed by atoms with van der Waals surface area (Å²) in [4.78, 5) is 0. The second-order valence-electron chi connectivity index (χ2n) is 16.9. The third-order valence-corrected chi connectivity index (χ3v) is 9.59. The molecule has 9 atom stereocenters. The van der Waals surface area contributed by atoms with Crippen LogP contribution < -0.4 is 0 Å². The van der Waals surface area contributed by atoms with Gasteiger partial charge in [-0.3, -0.25) is 0 Å². The number of aliphatic hydroxyl groups is 15. The highest BCUT2D eigenvalue weighted by molar-refractivity contribution is 4.68. The van der Waals surface area contributed by atoms with Gasteiger partial charge in [-0.25, -0.2) is 0 Å². The first-order valence-electron chi connectivity index (χ1n) is 24.7. The predicted molar refractivity (Wildman–Crippen MR) is 253 cm³/mol. The normalized spacial score (nSPS) is 17.6. The molecule has 74 heavy (non-hydrogen) atoms. The van der Waals surface area contributed by atoms with Gasteiger partial charge >= 0.3 is 0 Å². The Kier molecular flexibility index (Phi) is 50.5. The molecular formula is C45H92O29. The van der Waals surface area contributed by atoms with Gasteiger partial charge in [0.05, 0.1) is 172 Å². The maximum absolute atomic E-state index is 9.79. The van der Waals surface area contributed by atoms with Gasteiger partial charge in [0.2, 0.25) is 0 Å². The number of hydrogen-bond donors (Lipinski definition) is 15. The van der Waals surface area contributed by atoms with Crippen molar-refractivity contribution in [1.29, 1.82) is 0 Å². The third kappa shape index (κ3) is 43.8. The van der Waals surface area contributed by atoms with E-state index in [1.54, 1.807) is 0 Å². The summed E-state index contributed by atoms with van der Waals surface area (Å²) in [6.45, 7) is -6.61. The van der Waals surface area contributed by atoms with E-state index < -0.39 is 126 Å². The van der Waals surface area contributed by atoms with Gasteiger partial charge in [0.1, 0.15) is 79.4 Å². The topological polar surface area (TPSA) is 433 Å². The Morgan fingerprint density at radius 1 is 0.203 bits per heavy atom. The first-order valence-corrected chi connectivity index (χ1v) is 24.7. The molecule has 0 saturated carbocycles. The van der Waals surface area contributed by atoms with Crippen molar-refractivity contribution in [2.45, 2.75) is 92.2 Å². The van der Waals surface area contributed by atoms with E-state index >= 15 is 0 Å². The lowest BCUT2D eigenvalue weighted by molar-refractivity contribution is -0.145. The fraction of sp³-hybridized carbons (Fsp3) is 1.00. The number of hydrogen-bond acceptors (Lipinski definition) is 29. The van der Waals surface area contributed by atoms with Crippen LogP contribution in [0.5, 0.6) is 0 Å². The van der Waals surface area contributed by atoms with Gasteiger partial charge in [-0.05, 0) is 12.8 Å². The molecule has 0 rings (SSSR count). The average Bonchev–Trinajstić information content (AvgIpc) is 3.41. The summed E-state index contributed by atoms with van der Waals surface area (Å²) in [6, 6.07) is 0. The minimum absolute atomic E-state index is 0.0233. The molecule has 0 aliphatic rings. The summed E-state index contributed by atoms with van der Waals surface area (Å²) in [5.74, 6) is 0. The Morgan fingerprint density at radius 2 is 0.405 bits per heavy atom. The molecule has 15 N–H and O–H groups in total. The van der Waals surface area contributed by atoms with Crippen molar-refractivity contribution < 1.29 is 143 Å². The molecule has 0 heterocycles. The highest BCUT2D eigenvalue weighted by Gasteiger charge is 2.23. The van der Waals surface area contributed by atoms with Crippen LogP contribution in [0.4, 0.5) is 0 Å². The van der Waals surface area contributed by atoms with Gasteiger partial charge < -0.3 is 143 Å². The van der Waals surface area contributed by atoms with Crippen LogP contribution in [0.2, 0.25) is 0 Å². The van der Waals surface area contributed by atoms with E-state index in [0.29, 0.717) is 6.42 Å². The van der Waals surface area contributed by atoms with Gasteiger partial charge in [-0.2, -0.15) is 0 Å². The van der Waals surface area contributed by atoms with Crippen LogP contribution in [0.15, 0.2) is 0 Å².